The van der Waals surface area contributed by atoms with E-state index < -0.39 is 12.1 Å². The molecule has 0 aromatic heterocycles. The lowest BCUT2D eigenvalue weighted by atomic mass is 10.1. The molecule has 2 rings (SSSR count). The summed E-state index contributed by atoms with van der Waals surface area (Å²) in [5.74, 6) is -0.729. The molecule has 1 aromatic rings. The molecule has 1 amide bonds. The summed E-state index contributed by atoms with van der Waals surface area (Å²) in [6.07, 6.45) is 1.39. The summed E-state index contributed by atoms with van der Waals surface area (Å²) >= 11 is 0. The Bertz CT molecular complexity index is 520. The number of carbonyl (C=O) groups is 2. The molecule has 1 saturated carbocycles. The smallest absolute Gasteiger partial charge is 0.338 e. The van der Waals surface area contributed by atoms with Crippen molar-refractivity contribution in [3.63, 3.8) is 0 Å². The van der Waals surface area contributed by atoms with Crippen LogP contribution in [0.3, 0.4) is 0 Å². The van der Waals surface area contributed by atoms with Gasteiger partial charge in [0.2, 0.25) is 0 Å². The average Bonchev–Trinajstić information content (AvgIpc) is 3.29. The van der Waals surface area contributed by atoms with E-state index in [0.29, 0.717) is 12.2 Å². The van der Waals surface area contributed by atoms with Crippen molar-refractivity contribution in [2.75, 3.05) is 0 Å². The van der Waals surface area contributed by atoms with Gasteiger partial charge in [0, 0.05) is 6.04 Å². The lowest BCUT2D eigenvalue weighted by Crippen LogP contribution is -2.37. The first-order chi connectivity index (χ1) is 10.5. The third kappa shape index (κ3) is 5.15. The summed E-state index contributed by atoms with van der Waals surface area (Å²) in [5, 5.41) is 2.81. The van der Waals surface area contributed by atoms with Gasteiger partial charge in [0.15, 0.2) is 6.10 Å². The van der Waals surface area contributed by atoms with Crippen LogP contribution in [0.1, 0.15) is 49.5 Å². The highest BCUT2D eigenvalue weighted by molar-refractivity contribution is 5.92. The first kappa shape index (κ1) is 16.5. The van der Waals surface area contributed by atoms with Gasteiger partial charge in [0.1, 0.15) is 0 Å². The second-order valence-corrected chi connectivity index (χ2v) is 5.89. The molecule has 0 bridgehead atoms. The fraction of sp³-hybridized carbons (Fsp3) is 0.529. The third-order valence-electron chi connectivity index (χ3n) is 3.35. The zero-order valence-corrected chi connectivity index (χ0v) is 13.3. The Morgan fingerprint density at radius 1 is 1.18 bits per heavy atom. The molecule has 0 radical (unpaired) electrons. The molecule has 1 N–H and O–H groups in total. The van der Waals surface area contributed by atoms with E-state index in [1.165, 1.54) is 0 Å². The van der Waals surface area contributed by atoms with Crippen LogP contribution in [-0.2, 0) is 20.9 Å². The van der Waals surface area contributed by atoms with Crippen LogP contribution < -0.4 is 5.32 Å². The lowest BCUT2D eigenvalue weighted by Gasteiger charge is -2.13. The molecule has 0 unspecified atom stereocenters. The number of rotatable bonds is 7. The molecule has 1 fully saturated rings. The summed E-state index contributed by atoms with van der Waals surface area (Å²) in [5.41, 5.74) is 1.42. The molecule has 1 atom stereocenters. The molecule has 0 spiro atoms. The third-order valence-corrected chi connectivity index (χ3v) is 3.35. The number of benzene rings is 1. The van der Waals surface area contributed by atoms with Crippen molar-refractivity contribution < 1.29 is 19.1 Å². The van der Waals surface area contributed by atoms with Gasteiger partial charge in [-0.05, 0) is 51.3 Å². The maximum atomic E-state index is 12.0. The first-order valence-corrected chi connectivity index (χ1v) is 7.67. The van der Waals surface area contributed by atoms with E-state index in [4.69, 9.17) is 9.47 Å². The fourth-order valence-corrected chi connectivity index (χ4v) is 1.83. The van der Waals surface area contributed by atoms with Crippen LogP contribution in [0.15, 0.2) is 24.3 Å². The SMILES string of the molecule is CC(C)OCc1ccc(C(=O)O[C@@H](C)C(=O)NC2CC2)cc1. The largest absolute Gasteiger partial charge is 0.449 e. The van der Waals surface area contributed by atoms with Crippen molar-refractivity contribution in [3.8, 4) is 0 Å². The highest BCUT2D eigenvalue weighted by atomic mass is 16.5. The van der Waals surface area contributed by atoms with Crippen LogP contribution in [0.2, 0.25) is 0 Å². The van der Waals surface area contributed by atoms with Crippen LogP contribution in [0, 0.1) is 0 Å². The Kier molecular flexibility index (Phi) is 5.55. The van der Waals surface area contributed by atoms with Crippen LogP contribution in [0.25, 0.3) is 0 Å². The number of esters is 1. The zero-order chi connectivity index (χ0) is 16.1. The van der Waals surface area contributed by atoms with Crippen LogP contribution in [-0.4, -0.2) is 30.1 Å². The highest BCUT2D eigenvalue weighted by Crippen LogP contribution is 2.19. The zero-order valence-electron chi connectivity index (χ0n) is 13.3. The number of amides is 1. The Morgan fingerprint density at radius 3 is 2.36 bits per heavy atom. The normalized spacial score (nSPS) is 15.5. The second-order valence-electron chi connectivity index (χ2n) is 5.89. The van der Waals surface area contributed by atoms with Crippen molar-refractivity contribution in [3.05, 3.63) is 35.4 Å². The van der Waals surface area contributed by atoms with Crippen LogP contribution >= 0.6 is 0 Å². The standard InChI is InChI=1S/C17H23NO4/c1-11(2)21-10-13-4-6-14(7-5-13)17(20)22-12(3)16(19)18-15-8-9-15/h4-7,11-12,15H,8-10H2,1-3H3,(H,18,19)/t12-/m0/s1. The molecular weight excluding hydrogens is 282 g/mol. The van der Waals surface area contributed by atoms with Gasteiger partial charge < -0.3 is 14.8 Å². The van der Waals surface area contributed by atoms with Gasteiger partial charge >= 0.3 is 5.97 Å². The van der Waals surface area contributed by atoms with Crippen molar-refractivity contribution in [2.45, 2.75) is 58.5 Å². The second kappa shape index (κ2) is 7.40. The number of hydrogen-bond acceptors (Lipinski definition) is 4. The molecular formula is C17H23NO4. The Balaban J connectivity index is 1.84. The monoisotopic (exact) mass is 305 g/mol. The van der Waals surface area contributed by atoms with Crippen molar-refractivity contribution in [2.24, 2.45) is 0 Å². The molecule has 1 aliphatic rings. The van der Waals surface area contributed by atoms with E-state index in [1.807, 2.05) is 26.0 Å². The van der Waals surface area contributed by atoms with Gasteiger partial charge in [0.25, 0.3) is 5.91 Å². The van der Waals surface area contributed by atoms with Gasteiger partial charge in [-0.25, -0.2) is 4.79 Å². The average molecular weight is 305 g/mol. The molecule has 5 nitrogen and oxygen atoms in total. The molecule has 1 aromatic carbocycles. The minimum Gasteiger partial charge on any atom is -0.449 e. The molecule has 1 aliphatic carbocycles. The van der Waals surface area contributed by atoms with Gasteiger partial charge in [0.05, 0.1) is 18.3 Å². The summed E-state index contributed by atoms with van der Waals surface area (Å²) in [6.45, 7) is 6.03. The number of hydrogen-bond donors (Lipinski definition) is 1. The van der Waals surface area contributed by atoms with E-state index in [-0.39, 0.29) is 18.1 Å². The molecule has 120 valence electrons. The summed E-state index contributed by atoms with van der Waals surface area (Å²) < 4.78 is 10.7. The molecule has 22 heavy (non-hydrogen) atoms. The van der Waals surface area contributed by atoms with E-state index in [9.17, 15) is 9.59 Å². The minimum atomic E-state index is -0.781. The fourth-order valence-electron chi connectivity index (χ4n) is 1.83. The van der Waals surface area contributed by atoms with E-state index in [0.717, 1.165) is 18.4 Å². The van der Waals surface area contributed by atoms with Gasteiger partial charge in [-0.1, -0.05) is 12.1 Å². The van der Waals surface area contributed by atoms with E-state index in [2.05, 4.69) is 5.32 Å². The lowest BCUT2D eigenvalue weighted by molar-refractivity contribution is -0.129. The van der Waals surface area contributed by atoms with Gasteiger partial charge in [-0.2, -0.15) is 0 Å². The predicted molar refractivity (Wildman–Crippen MR) is 82.4 cm³/mol. The Morgan fingerprint density at radius 2 is 1.82 bits per heavy atom. The maximum Gasteiger partial charge on any atom is 0.338 e. The maximum absolute atomic E-state index is 12.0. The molecule has 5 heteroatoms. The molecule has 0 aliphatic heterocycles. The molecule has 0 heterocycles. The number of nitrogens with one attached hydrogen (secondary N) is 1. The molecule has 0 saturated heterocycles. The van der Waals surface area contributed by atoms with Crippen molar-refractivity contribution in [1.82, 2.24) is 5.32 Å². The highest BCUT2D eigenvalue weighted by Gasteiger charge is 2.27. The summed E-state index contributed by atoms with van der Waals surface area (Å²) in [6, 6.07) is 7.29. The van der Waals surface area contributed by atoms with Crippen molar-refractivity contribution >= 4 is 11.9 Å². The predicted octanol–water partition coefficient (Wildman–Crippen LogP) is 2.44. The van der Waals surface area contributed by atoms with Crippen LogP contribution in [0.4, 0.5) is 0 Å². The summed E-state index contributed by atoms with van der Waals surface area (Å²) in [7, 11) is 0. The quantitative estimate of drug-likeness (QED) is 0.786. The van der Waals surface area contributed by atoms with E-state index in [1.54, 1.807) is 19.1 Å². The Labute approximate surface area is 131 Å². The number of carbonyl (C=O) groups excluding carboxylic acids is 2. The van der Waals surface area contributed by atoms with Crippen LogP contribution in [0.5, 0.6) is 0 Å². The van der Waals surface area contributed by atoms with Crippen molar-refractivity contribution in [1.29, 1.82) is 0 Å². The van der Waals surface area contributed by atoms with E-state index >= 15 is 0 Å². The summed E-state index contributed by atoms with van der Waals surface area (Å²) in [4.78, 5) is 23.8. The van der Waals surface area contributed by atoms with Gasteiger partial charge in [-0.3, -0.25) is 4.79 Å². The van der Waals surface area contributed by atoms with Gasteiger partial charge in [-0.15, -0.1) is 0 Å². The topological polar surface area (TPSA) is 64.6 Å². The Hall–Kier alpha value is -1.88. The number of ether oxygens (including phenoxy) is 2. The minimum absolute atomic E-state index is 0.162. The first-order valence-electron chi connectivity index (χ1n) is 7.67.